The quantitative estimate of drug-likeness (QED) is 0.721. The van der Waals surface area contributed by atoms with Crippen molar-refractivity contribution in [1.82, 2.24) is 4.90 Å². The van der Waals surface area contributed by atoms with Crippen molar-refractivity contribution in [2.75, 3.05) is 6.54 Å². The molecule has 4 heteroatoms. The van der Waals surface area contributed by atoms with Crippen molar-refractivity contribution in [3.8, 4) is 22.3 Å². The van der Waals surface area contributed by atoms with Gasteiger partial charge in [0.25, 0.3) is 0 Å². The Morgan fingerprint density at radius 1 is 0.963 bits per heavy atom. The SMILES string of the molecule is Cc1c(-c2ccc3c(c2)CN(CC(=O)O)C3)cccc1-c1ccccc1F. The van der Waals surface area contributed by atoms with Gasteiger partial charge >= 0.3 is 5.97 Å². The maximum absolute atomic E-state index is 14.3. The van der Waals surface area contributed by atoms with Gasteiger partial charge in [0.15, 0.2) is 0 Å². The molecule has 27 heavy (non-hydrogen) atoms. The molecule has 1 heterocycles. The highest BCUT2D eigenvalue weighted by Gasteiger charge is 2.21. The molecule has 0 amide bonds. The van der Waals surface area contributed by atoms with Gasteiger partial charge in [-0.25, -0.2) is 4.39 Å². The van der Waals surface area contributed by atoms with Crippen molar-refractivity contribution >= 4 is 5.97 Å². The second kappa shape index (κ2) is 6.97. The first kappa shape index (κ1) is 17.4. The molecule has 0 radical (unpaired) electrons. The second-order valence-corrected chi connectivity index (χ2v) is 6.98. The summed E-state index contributed by atoms with van der Waals surface area (Å²) in [4.78, 5) is 12.9. The average molecular weight is 361 g/mol. The van der Waals surface area contributed by atoms with Crippen LogP contribution in [0.3, 0.4) is 0 Å². The van der Waals surface area contributed by atoms with Crippen LogP contribution in [0.4, 0.5) is 4.39 Å². The van der Waals surface area contributed by atoms with Gasteiger partial charge in [-0.1, -0.05) is 48.5 Å². The smallest absolute Gasteiger partial charge is 0.317 e. The van der Waals surface area contributed by atoms with Gasteiger partial charge in [0.05, 0.1) is 6.54 Å². The zero-order valence-electron chi connectivity index (χ0n) is 15.1. The van der Waals surface area contributed by atoms with Crippen molar-refractivity contribution in [3.63, 3.8) is 0 Å². The molecule has 0 saturated carbocycles. The van der Waals surface area contributed by atoms with Crippen LogP contribution in [0.1, 0.15) is 16.7 Å². The van der Waals surface area contributed by atoms with Gasteiger partial charge in [-0.05, 0) is 52.4 Å². The summed E-state index contributed by atoms with van der Waals surface area (Å²) in [5, 5.41) is 9.01. The normalized spacial score (nSPS) is 13.6. The number of hydrogen-bond donors (Lipinski definition) is 1. The third-order valence-electron chi connectivity index (χ3n) is 5.16. The van der Waals surface area contributed by atoms with Crippen LogP contribution in [0.2, 0.25) is 0 Å². The summed E-state index contributed by atoms with van der Waals surface area (Å²) in [6, 6.07) is 19.0. The number of nitrogens with zero attached hydrogens (tertiary/aromatic N) is 1. The molecule has 3 nitrogen and oxygen atoms in total. The van der Waals surface area contributed by atoms with Crippen LogP contribution in [-0.2, 0) is 17.9 Å². The molecule has 136 valence electrons. The Kier molecular flexibility index (Phi) is 4.50. The molecule has 0 aromatic heterocycles. The highest BCUT2D eigenvalue weighted by atomic mass is 19.1. The molecule has 1 N–H and O–H groups in total. The molecule has 1 aliphatic heterocycles. The van der Waals surface area contributed by atoms with Crippen LogP contribution in [0.25, 0.3) is 22.3 Å². The van der Waals surface area contributed by atoms with Gasteiger partial charge in [0, 0.05) is 18.7 Å². The predicted molar refractivity (Wildman–Crippen MR) is 104 cm³/mol. The first-order valence-electron chi connectivity index (χ1n) is 8.94. The number of carboxylic acid groups (broad SMARTS) is 1. The summed E-state index contributed by atoms with van der Waals surface area (Å²) in [7, 11) is 0. The van der Waals surface area contributed by atoms with E-state index in [0.717, 1.165) is 27.8 Å². The van der Waals surface area contributed by atoms with Crippen molar-refractivity contribution in [2.24, 2.45) is 0 Å². The lowest BCUT2D eigenvalue weighted by Crippen LogP contribution is -2.24. The van der Waals surface area contributed by atoms with Crippen LogP contribution >= 0.6 is 0 Å². The van der Waals surface area contributed by atoms with E-state index in [1.54, 1.807) is 12.1 Å². The fraction of sp³-hybridized carbons (Fsp3) is 0.174. The zero-order valence-corrected chi connectivity index (χ0v) is 15.1. The van der Waals surface area contributed by atoms with Gasteiger partial charge < -0.3 is 5.11 Å². The topological polar surface area (TPSA) is 40.5 Å². The van der Waals surface area contributed by atoms with E-state index in [0.29, 0.717) is 18.7 Å². The zero-order chi connectivity index (χ0) is 19.0. The summed E-state index contributed by atoms with van der Waals surface area (Å²) in [6.45, 7) is 3.37. The highest BCUT2D eigenvalue weighted by Crippen LogP contribution is 2.35. The Morgan fingerprint density at radius 2 is 1.67 bits per heavy atom. The molecule has 1 aliphatic rings. The first-order valence-corrected chi connectivity index (χ1v) is 8.94. The van der Waals surface area contributed by atoms with E-state index < -0.39 is 5.97 Å². The predicted octanol–water partition coefficient (Wildman–Crippen LogP) is 4.87. The van der Waals surface area contributed by atoms with E-state index in [4.69, 9.17) is 5.11 Å². The molecular formula is C23H20FNO2. The fourth-order valence-corrected chi connectivity index (χ4v) is 3.86. The lowest BCUT2D eigenvalue weighted by atomic mass is 9.91. The van der Waals surface area contributed by atoms with E-state index in [2.05, 4.69) is 18.2 Å². The molecule has 0 spiro atoms. The van der Waals surface area contributed by atoms with Gasteiger partial charge in [-0.2, -0.15) is 0 Å². The van der Waals surface area contributed by atoms with Crippen LogP contribution in [0.15, 0.2) is 60.7 Å². The van der Waals surface area contributed by atoms with Gasteiger partial charge in [0.1, 0.15) is 5.82 Å². The molecule has 0 aliphatic carbocycles. The van der Waals surface area contributed by atoms with E-state index in [-0.39, 0.29) is 12.4 Å². The van der Waals surface area contributed by atoms with E-state index in [1.807, 2.05) is 36.1 Å². The second-order valence-electron chi connectivity index (χ2n) is 6.98. The summed E-state index contributed by atoms with van der Waals surface area (Å²) < 4.78 is 14.3. The number of fused-ring (bicyclic) bond motifs is 1. The lowest BCUT2D eigenvalue weighted by molar-refractivity contribution is -0.138. The number of halogens is 1. The fourth-order valence-electron chi connectivity index (χ4n) is 3.86. The average Bonchev–Trinajstić information content (AvgIpc) is 3.03. The Labute approximate surface area is 157 Å². The molecule has 3 aromatic rings. The Hall–Kier alpha value is -2.98. The number of carbonyl (C=O) groups is 1. The number of carboxylic acids is 1. The van der Waals surface area contributed by atoms with Crippen LogP contribution in [-0.4, -0.2) is 22.5 Å². The molecular weight excluding hydrogens is 341 g/mol. The molecule has 0 fully saturated rings. The Morgan fingerprint density at radius 3 is 2.44 bits per heavy atom. The maximum Gasteiger partial charge on any atom is 0.317 e. The van der Waals surface area contributed by atoms with Crippen LogP contribution < -0.4 is 0 Å². The Balaban J connectivity index is 1.71. The minimum atomic E-state index is -0.809. The molecule has 0 unspecified atom stereocenters. The number of rotatable bonds is 4. The van der Waals surface area contributed by atoms with Crippen molar-refractivity contribution in [3.05, 3.63) is 83.2 Å². The summed E-state index contributed by atoms with van der Waals surface area (Å²) in [5.74, 6) is -1.03. The van der Waals surface area contributed by atoms with Gasteiger partial charge in [-0.15, -0.1) is 0 Å². The number of hydrogen-bond acceptors (Lipinski definition) is 2. The van der Waals surface area contributed by atoms with Gasteiger partial charge in [-0.3, -0.25) is 9.69 Å². The van der Waals surface area contributed by atoms with Gasteiger partial charge in [0.2, 0.25) is 0 Å². The maximum atomic E-state index is 14.3. The molecule has 3 aromatic carbocycles. The van der Waals surface area contributed by atoms with Crippen molar-refractivity contribution in [1.29, 1.82) is 0 Å². The van der Waals surface area contributed by atoms with E-state index in [1.165, 1.54) is 11.6 Å². The first-order chi connectivity index (χ1) is 13.0. The van der Waals surface area contributed by atoms with Crippen LogP contribution in [0.5, 0.6) is 0 Å². The number of aliphatic carboxylic acids is 1. The van der Waals surface area contributed by atoms with Crippen molar-refractivity contribution in [2.45, 2.75) is 20.0 Å². The van der Waals surface area contributed by atoms with Crippen LogP contribution in [0, 0.1) is 12.7 Å². The molecule has 0 saturated heterocycles. The summed E-state index contributed by atoms with van der Waals surface area (Å²) >= 11 is 0. The summed E-state index contributed by atoms with van der Waals surface area (Å²) in [5.41, 5.74) is 6.98. The van der Waals surface area contributed by atoms with E-state index in [9.17, 15) is 9.18 Å². The third-order valence-corrected chi connectivity index (χ3v) is 5.16. The monoisotopic (exact) mass is 361 g/mol. The molecule has 0 bridgehead atoms. The van der Waals surface area contributed by atoms with Crippen molar-refractivity contribution < 1.29 is 14.3 Å². The standard InChI is InChI=1S/C23H20FNO2/c1-15-19(6-4-7-20(15)21-5-2-3-8-22(21)24)16-9-10-17-12-25(14-23(26)27)13-18(17)11-16/h2-11H,12-14H2,1H3,(H,26,27). The number of benzene rings is 3. The minimum Gasteiger partial charge on any atom is -0.480 e. The highest BCUT2D eigenvalue weighted by molar-refractivity contribution is 5.79. The Bertz CT molecular complexity index is 1030. The molecule has 0 atom stereocenters. The third kappa shape index (κ3) is 3.36. The minimum absolute atomic E-state index is 0.0474. The lowest BCUT2D eigenvalue weighted by Gasteiger charge is -2.13. The molecule has 4 rings (SSSR count). The van der Waals surface area contributed by atoms with E-state index >= 15 is 0 Å². The largest absolute Gasteiger partial charge is 0.480 e. The summed E-state index contributed by atoms with van der Waals surface area (Å²) in [6.07, 6.45) is 0.